The third-order valence-electron chi connectivity index (χ3n) is 1.82. The van der Waals surface area contributed by atoms with E-state index < -0.39 is 0 Å². The van der Waals surface area contributed by atoms with Gasteiger partial charge in [-0.1, -0.05) is 19.8 Å². The lowest BCUT2D eigenvalue weighted by Crippen LogP contribution is -2.08. The number of esters is 1. The molecule has 0 aliphatic rings. The second-order valence-corrected chi connectivity index (χ2v) is 2.99. The monoisotopic (exact) mass is 200 g/mol. The molecule has 0 aromatic heterocycles. The fourth-order valence-electron chi connectivity index (χ4n) is 1.08. The van der Waals surface area contributed by atoms with Gasteiger partial charge in [0, 0.05) is 0 Å². The largest absolute Gasteiger partial charge is 0.487 e. The highest BCUT2D eigenvalue weighted by Gasteiger charge is 2.08. The first-order valence-electron chi connectivity index (χ1n) is 5.17. The lowest BCUT2D eigenvalue weighted by molar-refractivity contribution is -0.140. The van der Waals surface area contributed by atoms with E-state index in [2.05, 4.69) is 11.7 Å². The molecule has 0 atom stereocenters. The maximum absolute atomic E-state index is 11.2. The van der Waals surface area contributed by atoms with E-state index in [0.717, 1.165) is 12.8 Å². The molecule has 0 aromatic rings. The number of allylic oxidation sites excluding steroid dienone is 1. The zero-order valence-electron chi connectivity index (χ0n) is 9.34. The van der Waals surface area contributed by atoms with Gasteiger partial charge in [-0.25, -0.2) is 4.79 Å². The predicted octanol–water partition coefficient (Wildman–Crippen LogP) is 2.66. The van der Waals surface area contributed by atoms with Crippen molar-refractivity contribution in [2.24, 2.45) is 0 Å². The average Bonchev–Trinajstić information content (AvgIpc) is 2.21. The van der Waals surface area contributed by atoms with Crippen LogP contribution in [0, 0.1) is 0 Å². The Labute approximate surface area is 86.1 Å². The quantitative estimate of drug-likeness (QED) is 0.274. The van der Waals surface area contributed by atoms with Crippen molar-refractivity contribution in [3.63, 3.8) is 0 Å². The van der Waals surface area contributed by atoms with Crippen molar-refractivity contribution in [2.75, 3.05) is 13.7 Å². The van der Waals surface area contributed by atoms with E-state index in [9.17, 15) is 4.79 Å². The number of hydrogen-bond donors (Lipinski definition) is 0. The summed E-state index contributed by atoms with van der Waals surface area (Å²) < 4.78 is 9.75. The Morgan fingerprint density at radius 3 is 2.50 bits per heavy atom. The molecular weight excluding hydrogens is 180 g/mol. The first-order chi connectivity index (χ1) is 6.76. The van der Waals surface area contributed by atoms with Gasteiger partial charge in [0.05, 0.1) is 13.7 Å². The Hall–Kier alpha value is -0.990. The molecule has 0 rings (SSSR count). The smallest absolute Gasteiger partial charge is 0.372 e. The number of unbranched alkanes of at least 4 members (excludes halogenated alkanes) is 3. The minimum atomic E-state index is -0.386. The summed E-state index contributed by atoms with van der Waals surface area (Å²) in [6.45, 7) is 4.49. The van der Waals surface area contributed by atoms with Crippen LogP contribution in [0.4, 0.5) is 0 Å². The van der Waals surface area contributed by atoms with E-state index in [1.807, 2.05) is 13.0 Å². The average molecular weight is 200 g/mol. The van der Waals surface area contributed by atoms with Crippen LogP contribution in [-0.2, 0) is 14.3 Å². The van der Waals surface area contributed by atoms with E-state index in [0.29, 0.717) is 12.4 Å². The highest BCUT2D eigenvalue weighted by molar-refractivity contribution is 5.86. The molecule has 0 aromatic carbocycles. The Morgan fingerprint density at radius 2 is 2.00 bits per heavy atom. The fraction of sp³-hybridized carbons (Fsp3) is 0.727. The van der Waals surface area contributed by atoms with Gasteiger partial charge in [-0.05, 0) is 25.8 Å². The number of carbonyl (C=O) groups is 1. The van der Waals surface area contributed by atoms with Crippen molar-refractivity contribution < 1.29 is 14.3 Å². The molecule has 0 spiro atoms. The number of methoxy groups -OCH3 is 1. The lowest BCUT2D eigenvalue weighted by Gasteiger charge is -2.05. The highest BCUT2D eigenvalue weighted by atomic mass is 16.6. The molecule has 0 heterocycles. The second-order valence-electron chi connectivity index (χ2n) is 2.99. The molecule has 0 unspecified atom stereocenters. The predicted molar refractivity (Wildman–Crippen MR) is 55.9 cm³/mol. The van der Waals surface area contributed by atoms with E-state index in [-0.39, 0.29) is 5.97 Å². The van der Waals surface area contributed by atoms with Gasteiger partial charge < -0.3 is 9.47 Å². The van der Waals surface area contributed by atoms with Crippen LogP contribution in [0.1, 0.15) is 39.5 Å². The number of hydrogen-bond acceptors (Lipinski definition) is 3. The lowest BCUT2D eigenvalue weighted by atomic mass is 10.2. The molecule has 0 radical (unpaired) electrons. The van der Waals surface area contributed by atoms with Crippen molar-refractivity contribution in [3.8, 4) is 0 Å². The van der Waals surface area contributed by atoms with Crippen molar-refractivity contribution in [3.05, 3.63) is 11.8 Å². The van der Waals surface area contributed by atoms with E-state index in [4.69, 9.17) is 4.74 Å². The Morgan fingerprint density at radius 1 is 1.29 bits per heavy atom. The summed E-state index contributed by atoms with van der Waals surface area (Å²) in [7, 11) is 1.36. The van der Waals surface area contributed by atoms with Crippen LogP contribution in [0.3, 0.4) is 0 Å². The minimum Gasteiger partial charge on any atom is -0.487 e. The van der Waals surface area contributed by atoms with Crippen molar-refractivity contribution >= 4 is 5.97 Å². The van der Waals surface area contributed by atoms with Gasteiger partial charge in [0.15, 0.2) is 0 Å². The molecule has 0 aliphatic heterocycles. The van der Waals surface area contributed by atoms with Gasteiger partial charge in [0.2, 0.25) is 5.76 Å². The van der Waals surface area contributed by atoms with Crippen LogP contribution in [0.2, 0.25) is 0 Å². The first kappa shape index (κ1) is 13.0. The SMILES string of the molecule is CCCCCC=C(OCC)C(=O)OC. The molecule has 3 heteroatoms. The third kappa shape index (κ3) is 5.62. The van der Waals surface area contributed by atoms with Gasteiger partial charge in [-0.3, -0.25) is 0 Å². The zero-order chi connectivity index (χ0) is 10.8. The molecule has 0 fully saturated rings. The van der Waals surface area contributed by atoms with E-state index >= 15 is 0 Å². The van der Waals surface area contributed by atoms with E-state index in [1.165, 1.54) is 20.0 Å². The maximum Gasteiger partial charge on any atom is 0.372 e. The minimum absolute atomic E-state index is 0.339. The fourth-order valence-corrected chi connectivity index (χ4v) is 1.08. The molecule has 14 heavy (non-hydrogen) atoms. The molecule has 82 valence electrons. The summed E-state index contributed by atoms with van der Waals surface area (Å²) in [4.78, 5) is 11.2. The van der Waals surface area contributed by atoms with Crippen LogP contribution in [0.15, 0.2) is 11.8 Å². The van der Waals surface area contributed by atoms with Crippen LogP contribution in [-0.4, -0.2) is 19.7 Å². The summed E-state index contributed by atoms with van der Waals surface area (Å²) in [5.41, 5.74) is 0. The van der Waals surface area contributed by atoms with Crippen molar-refractivity contribution in [1.29, 1.82) is 0 Å². The van der Waals surface area contributed by atoms with Crippen molar-refractivity contribution in [1.82, 2.24) is 0 Å². The summed E-state index contributed by atoms with van der Waals surface area (Å²) in [6.07, 6.45) is 6.13. The van der Waals surface area contributed by atoms with E-state index in [1.54, 1.807) is 0 Å². The van der Waals surface area contributed by atoms with Gasteiger partial charge in [-0.2, -0.15) is 0 Å². The van der Waals surface area contributed by atoms with Crippen LogP contribution in [0.5, 0.6) is 0 Å². The Kier molecular flexibility index (Phi) is 7.99. The highest BCUT2D eigenvalue weighted by Crippen LogP contribution is 2.06. The maximum atomic E-state index is 11.2. The number of rotatable bonds is 7. The standard InChI is InChI=1S/C11H20O3/c1-4-6-7-8-9-10(14-5-2)11(12)13-3/h9H,4-8H2,1-3H3. The normalized spacial score (nSPS) is 11.2. The second kappa shape index (κ2) is 8.60. The molecular formula is C11H20O3. The summed E-state index contributed by atoms with van der Waals surface area (Å²) in [6, 6.07) is 0. The summed E-state index contributed by atoms with van der Waals surface area (Å²) in [5.74, 6) is -0.0468. The number of ether oxygens (including phenoxy) is 2. The Bertz CT molecular complexity index is 185. The van der Waals surface area contributed by atoms with Gasteiger partial charge in [0.1, 0.15) is 0 Å². The number of carbonyl (C=O) groups excluding carboxylic acids is 1. The Balaban J connectivity index is 3.98. The molecule has 0 amide bonds. The first-order valence-corrected chi connectivity index (χ1v) is 5.17. The third-order valence-corrected chi connectivity index (χ3v) is 1.82. The molecule has 0 saturated carbocycles. The molecule has 3 nitrogen and oxygen atoms in total. The van der Waals surface area contributed by atoms with Crippen LogP contribution < -0.4 is 0 Å². The molecule has 0 bridgehead atoms. The molecule has 0 aliphatic carbocycles. The molecule has 0 N–H and O–H groups in total. The van der Waals surface area contributed by atoms with Gasteiger partial charge >= 0.3 is 5.97 Å². The molecule has 0 saturated heterocycles. The van der Waals surface area contributed by atoms with Crippen LogP contribution in [0.25, 0.3) is 0 Å². The van der Waals surface area contributed by atoms with Gasteiger partial charge in [-0.15, -0.1) is 0 Å². The van der Waals surface area contributed by atoms with Crippen LogP contribution >= 0.6 is 0 Å². The van der Waals surface area contributed by atoms with Gasteiger partial charge in [0.25, 0.3) is 0 Å². The topological polar surface area (TPSA) is 35.5 Å². The van der Waals surface area contributed by atoms with Crippen molar-refractivity contribution in [2.45, 2.75) is 39.5 Å². The summed E-state index contributed by atoms with van der Waals surface area (Å²) in [5, 5.41) is 0. The zero-order valence-corrected chi connectivity index (χ0v) is 9.34. The summed E-state index contributed by atoms with van der Waals surface area (Å²) >= 11 is 0.